The highest BCUT2D eigenvalue weighted by atomic mass is 16.5. The number of rotatable bonds is 7. The Balaban J connectivity index is 1.08. The third-order valence-corrected chi connectivity index (χ3v) is 10.2. The van der Waals surface area contributed by atoms with Crippen LogP contribution in [0.25, 0.3) is 67.1 Å². The Kier molecular flexibility index (Phi) is 7.32. The summed E-state index contributed by atoms with van der Waals surface area (Å²) in [4.78, 5) is 4.82. The minimum atomic E-state index is -0.131. The highest BCUT2D eigenvalue weighted by molar-refractivity contribution is 5.86. The van der Waals surface area contributed by atoms with Crippen molar-refractivity contribution in [3.63, 3.8) is 0 Å². The van der Waals surface area contributed by atoms with E-state index in [0.29, 0.717) is 23.9 Å². The molecule has 1 aliphatic rings. The van der Waals surface area contributed by atoms with Crippen LogP contribution in [0.2, 0.25) is 0 Å². The summed E-state index contributed by atoms with van der Waals surface area (Å²) in [6, 6.07) is 55.1. The number of ether oxygens (including phenoxy) is 1. The van der Waals surface area contributed by atoms with Gasteiger partial charge in [0.2, 0.25) is 5.89 Å². The molecule has 51 heavy (non-hydrogen) atoms. The second kappa shape index (κ2) is 12.2. The van der Waals surface area contributed by atoms with E-state index in [4.69, 9.17) is 19.9 Å². The van der Waals surface area contributed by atoms with Crippen LogP contribution in [0.3, 0.4) is 0 Å². The van der Waals surface area contributed by atoms with E-state index < -0.39 is 0 Å². The maximum absolute atomic E-state index is 6.22. The summed E-state index contributed by atoms with van der Waals surface area (Å²) in [7, 11) is 0. The summed E-state index contributed by atoms with van der Waals surface area (Å²) < 4.78 is 12.4. The molecule has 0 atom stereocenters. The number of anilines is 1. The smallest absolute Gasteiger partial charge is 0.227 e. The first-order valence-electron chi connectivity index (χ1n) is 17.3. The van der Waals surface area contributed by atoms with Gasteiger partial charge in [0.05, 0.1) is 5.69 Å². The highest BCUT2D eigenvalue weighted by Gasteiger charge is 2.35. The summed E-state index contributed by atoms with van der Waals surface area (Å²) in [5.41, 5.74) is 22.5. The van der Waals surface area contributed by atoms with Gasteiger partial charge in [-0.05, 0) is 122 Å². The fraction of sp³-hybridized carbons (Fsp3) is 0.0851. The molecule has 0 bridgehead atoms. The lowest BCUT2D eigenvalue weighted by atomic mass is 9.80. The maximum atomic E-state index is 6.22. The number of para-hydroxylation sites is 4. The Labute approximate surface area is 297 Å². The number of hydrogen-bond acceptors (Lipinski definition) is 4. The third-order valence-electron chi connectivity index (χ3n) is 10.2. The molecule has 7 aromatic carbocycles. The Morgan fingerprint density at radius 3 is 1.88 bits per heavy atom. The molecule has 246 valence electrons. The zero-order chi connectivity index (χ0) is 34.5. The normalized spacial score (nSPS) is 12.8. The van der Waals surface area contributed by atoms with Gasteiger partial charge in [0.1, 0.15) is 17.9 Å². The van der Waals surface area contributed by atoms with Crippen molar-refractivity contribution in [3.8, 4) is 61.7 Å². The van der Waals surface area contributed by atoms with Crippen LogP contribution in [-0.4, -0.2) is 4.98 Å². The van der Waals surface area contributed by atoms with Crippen LogP contribution in [0, 0.1) is 0 Å². The number of nitrogens with zero attached hydrogens (tertiary/aromatic N) is 1. The molecule has 0 saturated heterocycles. The number of oxazole rings is 1. The third kappa shape index (κ3) is 5.55. The molecule has 1 aliphatic carbocycles. The van der Waals surface area contributed by atoms with Gasteiger partial charge in [-0.1, -0.05) is 111 Å². The summed E-state index contributed by atoms with van der Waals surface area (Å²) in [5.74, 6) is 1.23. The molecule has 9 rings (SSSR count). The van der Waals surface area contributed by atoms with Crippen LogP contribution in [0.5, 0.6) is 5.75 Å². The SMILES string of the molecule is CC1(C)c2cc(-c3ccccc3)ccc2-c2ccc(-c3cccc(-c4cc(COc5ccccc5N)cc(-c5nc6ccccc6o5)c4)c3)cc21. The highest BCUT2D eigenvalue weighted by Crippen LogP contribution is 2.50. The van der Waals surface area contributed by atoms with Crippen LogP contribution >= 0.6 is 0 Å². The lowest BCUT2D eigenvalue weighted by Crippen LogP contribution is -2.15. The number of nitrogen functional groups attached to an aromatic ring is 1. The quantitative estimate of drug-likeness (QED) is 0.173. The van der Waals surface area contributed by atoms with Crippen molar-refractivity contribution >= 4 is 16.8 Å². The van der Waals surface area contributed by atoms with Gasteiger partial charge in [-0.25, -0.2) is 4.98 Å². The predicted molar refractivity (Wildman–Crippen MR) is 209 cm³/mol. The van der Waals surface area contributed by atoms with Gasteiger partial charge in [-0.15, -0.1) is 0 Å². The molecule has 1 aromatic heterocycles. The van der Waals surface area contributed by atoms with Crippen LogP contribution in [-0.2, 0) is 12.0 Å². The minimum Gasteiger partial charge on any atom is -0.487 e. The molecule has 4 heteroatoms. The molecular weight excluding hydrogens is 625 g/mol. The standard InChI is InChI=1S/C47H36N2O2/c1-47(2)40-27-34(31-11-4-3-5-12-31)19-21-38(40)39-22-20-35(28-41(39)47)32-13-10-14-33(25-32)36-23-30(29-50-44-17-8-6-15-42(44)48)24-37(26-36)46-49-43-16-7-9-18-45(43)51-46/h3-28H,29,48H2,1-2H3. The van der Waals surface area contributed by atoms with Crippen molar-refractivity contribution < 1.29 is 9.15 Å². The molecule has 2 N–H and O–H groups in total. The molecule has 8 aromatic rings. The summed E-state index contributed by atoms with van der Waals surface area (Å²) in [6.07, 6.45) is 0. The average Bonchev–Trinajstić information content (AvgIpc) is 3.71. The van der Waals surface area contributed by atoms with E-state index in [9.17, 15) is 0 Å². The number of aromatic nitrogens is 1. The lowest BCUT2D eigenvalue weighted by molar-refractivity contribution is 0.308. The van der Waals surface area contributed by atoms with Crippen LogP contribution < -0.4 is 10.5 Å². The molecular formula is C47H36N2O2. The van der Waals surface area contributed by atoms with Crippen LogP contribution in [0.4, 0.5) is 5.69 Å². The molecule has 0 amide bonds. The number of nitrogens with two attached hydrogens (primary N) is 1. The zero-order valence-corrected chi connectivity index (χ0v) is 28.6. The predicted octanol–water partition coefficient (Wildman–Crippen LogP) is 12.0. The fourth-order valence-corrected chi connectivity index (χ4v) is 7.44. The molecule has 4 nitrogen and oxygen atoms in total. The summed E-state index contributed by atoms with van der Waals surface area (Å²) >= 11 is 0. The minimum absolute atomic E-state index is 0.131. The van der Waals surface area contributed by atoms with E-state index in [1.54, 1.807) is 0 Å². The number of hydrogen-bond donors (Lipinski definition) is 1. The van der Waals surface area contributed by atoms with Gasteiger partial charge in [0.15, 0.2) is 5.58 Å². The summed E-state index contributed by atoms with van der Waals surface area (Å²) in [5, 5.41) is 0. The van der Waals surface area contributed by atoms with Crippen molar-refractivity contribution in [2.24, 2.45) is 0 Å². The van der Waals surface area contributed by atoms with Crippen LogP contribution in [0.15, 0.2) is 162 Å². The molecule has 0 saturated carbocycles. The van der Waals surface area contributed by atoms with E-state index in [1.807, 2.05) is 48.5 Å². The molecule has 0 radical (unpaired) electrons. The second-order valence-corrected chi connectivity index (χ2v) is 13.8. The first-order chi connectivity index (χ1) is 24.9. The largest absolute Gasteiger partial charge is 0.487 e. The lowest BCUT2D eigenvalue weighted by Gasteiger charge is -2.22. The first-order valence-corrected chi connectivity index (χ1v) is 17.3. The maximum Gasteiger partial charge on any atom is 0.227 e. The molecule has 0 unspecified atom stereocenters. The Morgan fingerprint density at radius 1 is 0.549 bits per heavy atom. The molecule has 1 heterocycles. The van der Waals surface area contributed by atoms with Crippen molar-refractivity contribution in [1.82, 2.24) is 4.98 Å². The molecule has 0 fully saturated rings. The van der Waals surface area contributed by atoms with E-state index >= 15 is 0 Å². The topological polar surface area (TPSA) is 61.3 Å². The number of benzene rings is 7. The first kappa shape index (κ1) is 30.7. The Bertz CT molecular complexity index is 2550. The number of fused-ring (bicyclic) bond motifs is 4. The van der Waals surface area contributed by atoms with Gasteiger partial charge in [-0.3, -0.25) is 0 Å². The average molecular weight is 661 g/mol. The van der Waals surface area contributed by atoms with Crippen molar-refractivity contribution in [1.29, 1.82) is 0 Å². The molecule has 0 spiro atoms. The van der Waals surface area contributed by atoms with Gasteiger partial charge in [0.25, 0.3) is 0 Å². The Hall–Kier alpha value is -6.39. The van der Waals surface area contributed by atoms with E-state index in [2.05, 4.69) is 123 Å². The van der Waals surface area contributed by atoms with Crippen molar-refractivity contribution in [3.05, 3.63) is 174 Å². The van der Waals surface area contributed by atoms with Gasteiger partial charge in [0, 0.05) is 11.0 Å². The van der Waals surface area contributed by atoms with E-state index in [0.717, 1.165) is 38.9 Å². The van der Waals surface area contributed by atoms with Gasteiger partial charge >= 0.3 is 0 Å². The van der Waals surface area contributed by atoms with Crippen molar-refractivity contribution in [2.75, 3.05) is 5.73 Å². The molecule has 0 aliphatic heterocycles. The second-order valence-electron chi connectivity index (χ2n) is 13.8. The van der Waals surface area contributed by atoms with Gasteiger partial charge in [-0.2, -0.15) is 0 Å². The monoisotopic (exact) mass is 660 g/mol. The van der Waals surface area contributed by atoms with Crippen LogP contribution in [0.1, 0.15) is 30.5 Å². The zero-order valence-electron chi connectivity index (χ0n) is 28.6. The van der Waals surface area contributed by atoms with Crippen molar-refractivity contribution in [2.45, 2.75) is 25.9 Å². The van der Waals surface area contributed by atoms with E-state index in [1.165, 1.54) is 38.9 Å². The van der Waals surface area contributed by atoms with E-state index in [-0.39, 0.29) is 5.41 Å². The summed E-state index contributed by atoms with van der Waals surface area (Å²) in [6.45, 7) is 5.04. The fourth-order valence-electron chi connectivity index (χ4n) is 7.44. The van der Waals surface area contributed by atoms with Gasteiger partial charge < -0.3 is 14.9 Å². The Morgan fingerprint density at radius 2 is 1.14 bits per heavy atom.